The zero-order chi connectivity index (χ0) is 37.0. The molecule has 0 unspecified atom stereocenters. The second-order valence-electron chi connectivity index (χ2n) is 13.8. The van der Waals surface area contributed by atoms with Crippen LogP contribution in [-0.2, 0) is 16.0 Å². The molecule has 0 aliphatic heterocycles. The zero-order valence-corrected chi connectivity index (χ0v) is 31.0. The lowest BCUT2D eigenvalue weighted by Gasteiger charge is -2.20. The molecule has 8 heteroatoms. The lowest BCUT2D eigenvalue weighted by Crippen LogP contribution is -2.26. The maximum atomic E-state index is 12.9. The molecule has 3 aromatic rings. The summed E-state index contributed by atoms with van der Waals surface area (Å²) < 4.78 is 53.8. The molecule has 2 aromatic carbocycles. The summed E-state index contributed by atoms with van der Waals surface area (Å²) in [6.07, 6.45) is 15.6. The fourth-order valence-electron chi connectivity index (χ4n) is 5.45. The molecular formula is C42H59F3O5. The molecule has 0 radical (unpaired) electrons. The second kappa shape index (κ2) is 22.3. The van der Waals surface area contributed by atoms with Crippen LogP contribution in [0.2, 0.25) is 0 Å². The van der Waals surface area contributed by atoms with Gasteiger partial charge in [-0.15, -0.1) is 19.8 Å². The van der Waals surface area contributed by atoms with Crippen LogP contribution in [0, 0.1) is 12.3 Å². The van der Waals surface area contributed by atoms with Gasteiger partial charge in [0.2, 0.25) is 0 Å². The molecule has 0 saturated carbocycles. The van der Waals surface area contributed by atoms with Gasteiger partial charge in [-0.25, -0.2) is 4.79 Å². The van der Waals surface area contributed by atoms with Crippen LogP contribution in [0.5, 0.6) is 5.75 Å². The van der Waals surface area contributed by atoms with Gasteiger partial charge in [0, 0.05) is 10.9 Å². The van der Waals surface area contributed by atoms with Crippen molar-refractivity contribution < 1.29 is 31.9 Å². The van der Waals surface area contributed by atoms with Gasteiger partial charge in [0.15, 0.2) is 0 Å². The number of esters is 1. The minimum atomic E-state index is -4.86. The first-order chi connectivity index (χ1) is 23.8. The molecule has 1 aromatic heterocycles. The average molecular weight is 701 g/mol. The summed E-state index contributed by atoms with van der Waals surface area (Å²) in [5, 5.41) is 0.630. The SMILES string of the molecule is C=CCCCCCCCCCCCCOC(=O)C(C)(C)CC.CCCCCc1ccc(-c2cc3ccc(C)cc3oc2=O)c(OC(F)(F)F)c1. The molecule has 5 nitrogen and oxygen atoms in total. The molecule has 0 atom stereocenters. The van der Waals surface area contributed by atoms with Gasteiger partial charge in [0.1, 0.15) is 11.3 Å². The van der Waals surface area contributed by atoms with E-state index in [1.54, 1.807) is 18.2 Å². The smallest absolute Gasteiger partial charge is 0.465 e. The molecule has 3 rings (SSSR count). The van der Waals surface area contributed by atoms with E-state index >= 15 is 0 Å². The first-order valence-corrected chi connectivity index (χ1v) is 18.5. The van der Waals surface area contributed by atoms with Gasteiger partial charge in [-0.2, -0.15) is 0 Å². The Morgan fingerprint density at radius 2 is 1.46 bits per heavy atom. The number of fused-ring (bicyclic) bond motifs is 1. The van der Waals surface area contributed by atoms with Crippen LogP contribution in [0.3, 0.4) is 0 Å². The van der Waals surface area contributed by atoms with Gasteiger partial charge in [0.25, 0.3) is 0 Å². The highest BCUT2D eigenvalue weighted by Crippen LogP contribution is 2.35. The van der Waals surface area contributed by atoms with Gasteiger partial charge in [-0.1, -0.05) is 108 Å². The molecule has 0 aliphatic carbocycles. The first-order valence-electron chi connectivity index (χ1n) is 18.5. The Hall–Kier alpha value is -3.55. The monoisotopic (exact) mass is 700 g/mol. The number of allylic oxidation sites excluding steroid dienone is 1. The first kappa shape index (κ1) is 42.6. The maximum absolute atomic E-state index is 12.9. The van der Waals surface area contributed by atoms with E-state index in [9.17, 15) is 22.8 Å². The van der Waals surface area contributed by atoms with Gasteiger partial charge in [0.05, 0.1) is 17.6 Å². The van der Waals surface area contributed by atoms with Crippen molar-refractivity contribution in [3.05, 3.63) is 76.7 Å². The Kier molecular flexibility index (Phi) is 19.0. The van der Waals surface area contributed by atoms with Crippen LogP contribution in [-0.4, -0.2) is 18.9 Å². The van der Waals surface area contributed by atoms with Crippen LogP contribution in [0.25, 0.3) is 22.1 Å². The highest BCUT2D eigenvalue weighted by molar-refractivity contribution is 5.83. The van der Waals surface area contributed by atoms with Gasteiger partial charge < -0.3 is 13.9 Å². The van der Waals surface area contributed by atoms with Gasteiger partial charge in [-0.05, 0) is 88.6 Å². The number of halogens is 3. The Morgan fingerprint density at radius 3 is 2.06 bits per heavy atom. The number of hydrogen-bond acceptors (Lipinski definition) is 5. The fourth-order valence-corrected chi connectivity index (χ4v) is 5.45. The molecule has 0 bridgehead atoms. The predicted octanol–water partition coefficient (Wildman–Crippen LogP) is 12.8. The Morgan fingerprint density at radius 1 is 0.820 bits per heavy atom. The summed E-state index contributed by atoms with van der Waals surface area (Å²) in [6.45, 7) is 14.2. The fraction of sp³-hybridized carbons (Fsp3) is 0.571. The zero-order valence-electron chi connectivity index (χ0n) is 31.0. The van der Waals surface area contributed by atoms with E-state index in [0.717, 1.165) is 43.2 Å². The van der Waals surface area contributed by atoms with Crippen molar-refractivity contribution in [2.24, 2.45) is 5.41 Å². The van der Waals surface area contributed by atoms with Crippen LogP contribution in [0.15, 0.2) is 64.3 Å². The van der Waals surface area contributed by atoms with Crippen molar-refractivity contribution in [1.29, 1.82) is 0 Å². The quantitative estimate of drug-likeness (QED) is 0.0479. The summed E-state index contributed by atoms with van der Waals surface area (Å²) in [6, 6.07) is 11.4. The van der Waals surface area contributed by atoms with Gasteiger partial charge >= 0.3 is 18.0 Å². The molecule has 0 amide bonds. The summed E-state index contributed by atoms with van der Waals surface area (Å²) >= 11 is 0. The number of ether oxygens (including phenoxy) is 2. The van der Waals surface area contributed by atoms with E-state index in [4.69, 9.17) is 9.15 Å². The van der Waals surface area contributed by atoms with Crippen LogP contribution >= 0.6 is 0 Å². The predicted molar refractivity (Wildman–Crippen MR) is 199 cm³/mol. The summed E-state index contributed by atoms with van der Waals surface area (Å²) in [5.74, 6) is -0.438. The number of aryl methyl sites for hydroxylation is 2. The average Bonchev–Trinajstić information content (AvgIpc) is 3.06. The Labute approximate surface area is 297 Å². The van der Waals surface area contributed by atoms with Crippen molar-refractivity contribution in [2.75, 3.05) is 6.61 Å². The molecule has 278 valence electrons. The van der Waals surface area contributed by atoms with Crippen LogP contribution < -0.4 is 10.4 Å². The van der Waals surface area contributed by atoms with E-state index in [-0.39, 0.29) is 28.3 Å². The van der Waals surface area contributed by atoms with Crippen molar-refractivity contribution in [2.45, 2.75) is 144 Å². The molecule has 0 saturated heterocycles. The third-order valence-electron chi connectivity index (χ3n) is 8.99. The maximum Gasteiger partial charge on any atom is 0.573 e. The lowest BCUT2D eigenvalue weighted by molar-refractivity contribution is -0.274. The minimum absolute atomic E-state index is 0.0377. The van der Waals surface area contributed by atoms with E-state index in [0.29, 0.717) is 24.0 Å². The summed E-state index contributed by atoms with van der Waals surface area (Å²) in [4.78, 5) is 24.2. The summed E-state index contributed by atoms with van der Waals surface area (Å²) in [7, 11) is 0. The topological polar surface area (TPSA) is 65.7 Å². The van der Waals surface area contributed by atoms with Crippen molar-refractivity contribution in [3.63, 3.8) is 0 Å². The van der Waals surface area contributed by atoms with E-state index in [2.05, 4.69) is 18.2 Å². The van der Waals surface area contributed by atoms with E-state index in [1.807, 2.05) is 39.8 Å². The third-order valence-corrected chi connectivity index (χ3v) is 8.99. The standard InChI is InChI=1S/C22H21F3O3.C20H38O2/c1-3-4-5-6-15-8-10-17(20(12-15)28-22(23,24)25)18-13-16-9-7-14(2)11-19(16)27-21(18)26;1-5-7-8-9-10-11-12-13-14-15-16-17-18-22-19(21)20(3,4)6-2/h7-13H,3-6H2,1-2H3;5H,1,6-18H2,2-4H3. The lowest BCUT2D eigenvalue weighted by atomic mass is 9.91. The number of alkyl halides is 3. The molecule has 1 heterocycles. The molecule has 0 N–H and O–H groups in total. The largest absolute Gasteiger partial charge is 0.573 e. The number of unbranched alkanes of at least 4 members (excludes halogenated alkanes) is 12. The normalized spacial score (nSPS) is 11.6. The van der Waals surface area contributed by atoms with E-state index in [1.165, 1.54) is 82.4 Å². The van der Waals surface area contributed by atoms with E-state index < -0.39 is 12.0 Å². The van der Waals surface area contributed by atoms with Crippen molar-refractivity contribution in [1.82, 2.24) is 0 Å². The van der Waals surface area contributed by atoms with Crippen molar-refractivity contribution >= 4 is 16.9 Å². The Bertz CT molecular complexity index is 1510. The van der Waals surface area contributed by atoms with Crippen LogP contribution in [0.4, 0.5) is 13.2 Å². The molecular weight excluding hydrogens is 641 g/mol. The molecule has 0 spiro atoms. The molecule has 0 fully saturated rings. The number of hydrogen-bond donors (Lipinski definition) is 0. The summed E-state index contributed by atoms with van der Waals surface area (Å²) in [5.41, 5.74) is 1.11. The Balaban J connectivity index is 0.000000359. The third kappa shape index (κ3) is 16.0. The number of carbonyl (C=O) groups excluding carboxylic acids is 1. The number of carbonyl (C=O) groups is 1. The number of rotatable bonds is 21. The van der Waals surface area contributed by atoms with Crippen LogP contribution in [0.1, 0.15) is 135 Å². The minimum Gasteiger partial charge on any atom is -0.465 e. The van der Waals surface area contributed by atoms with Crippen molar-refractivity contribution in [3.8, 4) is 16.9 Å². The molecule has 50 heavy (non-hydrogen) atoms. The highest BCUT2D eigenvalue weighted by Gasteiger charge is 2.33. The van der Waals surface area contributed by atoms with Gasteiger partial charge in [-0.3, -0.25) is 4.79 Å². The second-order valence-corrected chi connectivity index (χ2v) is 13.8. The number of benzene rings is 2. The molecule has 0 aliphatic rings. The highest BCUT2D eigenvalue weighted by atomic mass is 19.4.